The lowest BCUT2D eigenvalue weighted by molar-refractivity contribution is 0.287. The van der Waals surface area contributed by atoms with Crippen molar-refractivity contribution in [2.24, 2.45) is 5.73 Å². The van der Waals surface area contributed by atoms with Crippen LogP contribution < -0.4 is 15.2 Å². The average Bonchev–Trinajstić information content (AvgIpc) is 2.79. The molecule has 0 amide bonds. The SMILES string of the molecule is CCOc1ccc(C(N)c2cc(C)oc2C)cc1OCC. The molecule has 0 saturated carbocycles. The van der Waals surface area contributed by atoms with Crippen molar-refractivity contribution in [2.75, 3.05) is 13.2 Å². The minimum absolute atomic E-state index is 0.239. The molecule has 1 heterocycles. The number of furan rings is 1. The van der Waals surface area contributed by atoms with Gasteiger partial charge in [0, 0.05) is 5.56 Å². The van der Waals surface area contributed by atoms with E-state index in [1.807, 2.05) is 52.0 Å². The van der Waals surface area contributed by atoms with Gasteiger partial charge in [0.2, 0.25) is 0 Å². The summed E-state index contributed by atoms with van der Waals surface area (Å²) >= 11 is 0. The smallest absolute Gasteiger partial charge is 0.161 e. The average molecular weight is 289 g/mol. The van der Waals surface area contributed by atoms with Gasteiger partial charge >= 0.3 is 0 Å². The van der Waals surface area contributed by atoms with Gasteiger partial charge in [0.15, 0.2) is 11.5 Å². The first-order valence-electron chi connectivity index (χ1n) is 7.28. The van der Waals surface area contributed by atoms with Gasteiger partial charge in [0.05, 0.1) is 19.3 Å². The molecule has 1 aromatic carbocycles. The summed E-state index contributed by atoms with van der Waals surface area (Å²) in [5.41, 5.74) is 8.34. The zero-order valence-corrected chi connectivity index (χ0v) is 13.1. The van der Waals surface area contributed by atoms with Crippen molar-refractivity contribution in [3.05, 3.63) is 46.9 Å². The van der Waals surface area contributed by atoms with Crippen LogP contribution in [0.15, 0.2) is 28.7 Å². The van der Waals surface area contributed by atoms with E-state index < -0.39 is 0 Å². The van der Waals surface area contributed by atoms with E-state index in [1.54, 1.807) is 0 Å². The van der Waals surface area contributed by atoms with Crippen LogP contribution in [0.1, 0.15) is 42.5 Å². The molecule has 1 aromatic heterocycles. The maximum Gasteiger partial charge on any atom is 0.161 e. The predicted octanol–water partition coefficient (Wildman–Crippen LogP) is 3.74. The maximum absolute atomic E-state index is 6.36. The van der Waals surface area contributed by atoms with Crippen LogP contribution in [0.4, 0.5) is 0 Å². The second-order valence-electron chi connectivity index (χ2n) is 4.92. The molecule has 0 aliphatic rings. The molecule has 0 bridgehead atoms. The molecule has 0 saturated heterocycles. The molecule has 1 unspecified atom stereocenters. The standard InChI is InChI=1S/C17H23NO3/c1-5-19-15-8-7-13(10-16(15)20-6-2)17(18)14-9-11(3)21-12(14)4/h7-10,17H,5-6,18H2,1-4H3. The highest BCUT2D eigenvalue weighted by Crippen LogP contribution is 2.33. The van der Waals surface area contributed by atoms with Gasteiger partial charge in [-0.25, -0.2) is 0 Å². The summed E-state index contributed by atoms with van der Waals surface area (Å²) in [6.07, 6.45) is 0. The summed E-state index contributed by atoms with van der Waals surface area (Å²) in [5.74, 6) is 3.20. The molecule has 0 radical (unpaired) electrons. The highest BCUT2D eigenvalue weighted by Gasteiger charge is 2.17. The molecule has 2 rings (SSSR count). The second-order valence-corrected chi connectivity index (χ2v) is 4.92. The predicted molar refractivity (Wildman–Crippen MR) is 83.0 cm³/mol. The van der Waals surface area contributed by atoms with E-state index in [0.717, 1.165) is 34.1 Å². The highest BCUT2D eigenvalue weighted by atomic mass is 16.5. The molecule has 0 spiro atoms. The van der Waals surface area contributed by atoms with Crippen molar-refractivity contribution in [1.29, 1.82) is 0 Å². The molecule has 1 atom stereocenters. The summed E-state index contributed by atoms with van der Waals surface area (Å²) in [6, 6.07) is 7.57. The van der Waals surface area contributed by atoms with Crippen LogP contribution in [-0.4, -0.2) is 13.2 Å². The fourth-order valence-electron chi connectivity index (χ4n) is 2.40. The van der Waals surface area contributed by atoms with Crippen molar-refractivity contribution in [2.45, 2.75) is 33.7 Å². The quantitative estimate of drug-likeness (QED) is 0.880. The third kappa shape index (κ3) is 3.39. The van der Waals surface area contributed by atoms with E-state index >= 15 is 0 Å². The third-order valence-corrected chi connectivity index (χ3v) is 3.34. The Morgan fingerprint density at radius 2 is 1.71 bits per heavy atom. The van der Waals surface area contributed by atoms with Crippen LogP contribution in [0.5, 0.6) is 11.5 Å². The summed E-state index contributed by atoms with van der Waals surface area (Å²) < 4.78 is 16.8. The molecule has 2 aromatic rings. The zero-order valence-electron chi connectivity index (χ0n) is 13.1. The van der Waals surface area contributed by atoms with Gasteiger partial charge < -0.3 is 19.6 Å². The first-order chi connectivity index (χ1) is 10.1. The van der Waals surface area contributed by atoms with Gasteiger partial charge in [-0.3, -0.25) is 0 Å². The second kappa shape index (κ2) is 6.68. The van der Waals surface area contributed by atoms with E-state index in [-0.39, 0.29) is 6.04 Å². The molecule has 21 heavy (non-hydrogen) atoms. The summed E-state index contributed by atoms with van der Waals surface area (Å²) in [7, 11) is 0. The Morgan fingerprint density at radius 1 is 1.05 bits per heavy atom. The van der Waals surface area contributed by atoms with Gasteiger partial charge in [-0.1, -0.05) is 6.07 Å². The molecule has 0 aliphatic carbocycles. The van der Waals surface area contributed by atoms with Crippen molar-refractivity contribution >= 4 is 0 Å². The Balaban J connectivity index is 2.35. The number of rotatable bonds is 6. The van der Waals surface area contributed by atoms with Crippen molar-refractivity contribution in [1.82, 2.24) is 0 Å². The molecule has 2 N–H and O–H groups in total. The Hall–Kier alpha value is -1.94. The molecular weight excluding hydrogens is 266 g/mol. The zero-order chi connectivity index (χ0) is 15.4. The number of hydrogen-bond donors (Lipinski definition) is 1. The normalized spacial score (nSPS) is 12.2. The molecule has 0 aliphatic heterocycles. The molecule has 114 valence electrons. The maximum atomic E-state index is 6.36. The van der Waals surface area contributed by atoms with Gasteiger partial charge in [-0.05, 0) is 51.5 Å². The van der Waals surface area contributed by atoms with Crippen LogP contribution >= 0.6 is 0 Å². The Morgan fingerprint density at radius 3 is 2.29 bits per heavy atom. The van der Waals surface area contributed by atoms with Gasteiger partial charge in [0.25, 0.3) is 0 Å². The lowest BCUT2D eigenvalue weighted by Crippen LogP contribution is -2.12. The minimum Gasteiger partial charge on any atom is -0.490 e. The fraction of sp³-hybridized carbons (Fsp3) is 0.412. The van der Waals surface area contributed by atoms with E-state index in [9.17, 15) is 0 Å². The van der Waals surface area contributed by atoms with Crippen molar-refractivity contribution in [3.63, 3.8) is 0 Å². The van der Waals surface area contributed by atoms with Gasteiger partial charge in [-0.2, -0.15) is 0 Å². The van der Waals surface area contributed by atoms with Crippen LogP contribution in [0.25, 0.3) is 0 Å². The van der Waals surface area contributed by atoms with E-state index in [2.05, 4.69) is 0 Å². The number of hydrogen-bond acceptors (Lipinski definition) is 4. The van der Waals surface area contributed by atoms with Crippen LogP contribution in [-0.2, 0) is 0 Å². The lowest BCUT2D eigenvalue weighted by atomic mass is 9.99. The first-order valence-corrected chi connectivity index (χ1v) is 7.28. The molecule has 0 fully saturated rings. The number of nitrogens with two attached hydrogens (primary N) is 1. The lowest BCUT2D eigenvalue weighted by Gasteiger charge is -2.16. The van der Waals surface area contributed by atoms with Crippen LogP contribution in [0, 0.1) is 13.8 Å². The van der Waals surface area contributed by atoms with E-state index in [0.29, 0.717) is 13.2 Å². The number of aryl methyl sites for hydroxylation is 2. The van der Waals surface area contributed by atoms with Gasteiger partial charge in [0.1, 0.15) is 11.5 Å². The topological polar surface area (TPSA) is 57.6 Å². The van der Waals surface area contributed by atoms with Crippen LogP contribution in [0.2, 0.25) is 0 Å². The Kier molecular flexibility index (Phi) is 4.91. The number of benzene rings is 1. The number of ether oxygens (including phenoxy) is 2. The Labute approximate surface area is 125 Å². The first kappa shape index (κ1) is 15.4. The summed E-state index contributed by atoms with van der Waals surface area (Å²) in [4.78, 5) is 0. The van der Waals surface area contributed by atoms with Gasteiger partial charge in [-0.15, -0.1) is 0 Å². The largest absolute Gasteiger partial charge is 0.490 e. The monoisotopic (exact) mass is 289 g/mol. The molecular formula is C17H23NO3. The van der Waals surface area contributed by atoms with Crippen molar-refractivity contribution < 1.29 is 13.9 Å². The van der Waals surface area contributed by atoms with Crippen LogP contribution in [0.3, 0.4) is 0 Å². The summed E-state index contributed by atoms with van der Waals surface area (Å²) in [5, 5.41) is 0. The fourth-order valence-corrected chi connectivity index (χ4v) is 2.40. The Bertz CT molecular complexity index is 604. The highest BCUT2D eigenvalue weighted by molar-refractivity contribution is 5.46. The van der Waals surface area contributed by atoms with E-state index in [4.69, 9.17) is 19.6 Å². The van der Waals surface area contributed by atoms with Crippen molar-refractivity contribution in [3.8, 4) is 11.5 Å². The van der Waals surface area contributed by atoms with E-state index in [1.165, 1.54) is 0 Å². The molecule has 4 heteroatoms. The third-order valence-electron chi connectivity index (χ3n) is 3.34. The summed E-state index contributed by atoms with van der Waals surface area (Å²) in [6.45, 7) is 8.94. The minimum atomic E-state index is -0.239. The molecule has 4 nitrogen and oxygen atoms in total.